The van der Waals surface area contributed by atoms with Gasteiger partial charge in [0.2, 0.25) is 5.91 Å². The molecule has 2 aliphatic heterocycles. The second kappa shape index (κ2) is 7.12. The van der Waals surface area contributed by atoms with Crippen LogP contribution in [0.5, 0.6) is 5.75 Å². The molecule has 0 bridgehead atoms. The summed E-state index contributed by atoms with van der Waals surface area (Å²) in [6.45, 7) is 2.76. The van der Waals surface area contributed by atoms with Gasteiger partial charge >= 0.3 is 0 Å². The van der Waals surface area contributed by atoms with Gasteiger partial charge in [0, 0.05) is 35.5 Å². The number of rotatable bonds is 2. The van der Waals surface area contributed by atoms with Crippen molar-refractivity contribution in [3.63, 3.8) is 0 Å². The normalized spacial score (nSPS) is 16.1. The second-order valence-electron chi connectivity index (χ2n) is 7.81. The number of carbonyl (C=O) groups excluding carboxylic acids is 3. The highest BCUT2D eigenvalue weighted by molar-refractivity contribution is 7.17. The smallest absolute Gasteiger partial charge is 0.290 e. The predicted molar refractivity (Wildman–Crippen MR) is 116 cm³/mol. The zero-order valence-electron chi connectivity index (χ0n) is 17.4. The van der Waals surface area contributed by atoms with E-state index in [4.69, 9.17) is 9.15 Å². The van der Waals surface area contributed by atoms with E-state index in [1.807, 2.05) is 19.1 Å². The Bertz CT molecular complexity index is 1260. The molecule has 1 N–H and O–H groups in total. The molecule has 0 saturated carbocycles. The maximum absolute atomic E-state index is 13.3. The van der Waals surface area contributed by atoms with Crippen molar-refractivity contribution in [1.82, 2.24) is 9.80 Å². The van der Waals surface area contributed by atoms with Crippen molar-refractivity contribution in [3.8, 4) is 5.75 Å². The number of furan rings is 1. The number of hydrogen-bond donors (Lipinski definition) is 1. The van der Waals surface area contributed by atoms with Crippen molar-refractivity contribution in [2.24, 2.45) is 0 Å². The lowest BCUT2D eigenvalue weighted by molar-refractivity contribution is -0.116. The summed E-state index contributed by atoms with van der Waals surface area (Å²) >= 11 is 1.37. The minimum Gasteiger partial charge on any atom is -0.497 e. The van der Waals surface area contributed by atoms with Crippen LogP contribution in [0.25, 0.3) is 11.0 Å². The number of nitrogens with zero attached hydrogens (tertiary/aromatic N) is 2. The van der Waals surface area contributed by atoms with E-state index in [0.717, 1.165) is 21.4 Å². The van der Waals surface area contributed by atoms with Gasteiger partial charge in [0.25, 0.3) is 11.8 Å². The van der Waals surface area contributed by atoms with Gasteiger partial charge in [-0.2, -0.15) is 0 Å². The second-order valence-corrected chi connectivity index (χ2v) is 8.92. The van der Waals surface area contributed by atoms with Gasteiger partial charge < -0.3 is 24.3 Å². The van der Waals surface area contributed by atoms with Crippen LogP contribution in [0.4, 0.5) is 5.00 Å². The summed E-state index contributed by atoms with van der Waals surface area (Å²) in [6.07, 6.45) is 0.551. The first kappa shape index (κ1) is 19.6. The lowest BCUT2D eigenvalue weighted by Gasteiger charge is -2.27. The number of aryl methyl sites for hydroxylation is 1. The molecule has 9 heteroatoms. The van der Waals surface area contributed by atoms with Crippen LogP contribution in [-0.2, 0) is 17.8 Å². The van der Waals surface area contributed by atoms with Crippen molar-refractivity contribution in [2.45, 2.75) is 19.9 Å². The number of carbonyl (C=O) groups is 3. The summed E-state index contributed by atoms with van der Waals surface area (Å²) in [5, 5.41) is 4.29. The summed E-state index contributed by atoms with van der Waals surface area (Å²) in [6, 6.07) is 5.50. The van der Waals surface area contributed by atoms with E-state index in [9.17, 15) is 14.4 Å². The molecule has 0 radical (unpaired) electrons. The van der Waals surface area contributed by atoms with E-state index >= 15 is 0 Å². The Labute approximate surface area is 182 Å². The van der Waals surface area contributed by atoms with Crippen molar-refractivity contribution in [1.29, 1.82) is 0 Å². The Morgan fingerprint density at radius 2 is 2.06 bits per heavy atom. The quantitative estimate of drug-likeness (QED) is 0.663. The largest absolute Gasteiger partial charge is 0.497 e. The number of anilines is 1. The first-order chi connectivity index (χ1) is 14.9. The Kier molecular flexibility index (Phi) is 4.51. The van der Waals surface area contributed by atoms with E-state index in [-0.39, 0.29) is 24.3 Å². The van der Waals surface area contributed by atoms with E-state index in [2.05, 4.69) is 5.32 Å². The van der Waals surface area contributed by atoms with E-state index in [1.165, 1.54) is 16.2 Å². The van der Waals surface area contributed by atoms with E-state index in [0.29, 0.717) is 47.2 Å². The summed E-state index contributed by atoms with van der Waals surface area (Å²) < 4.78 is 11.1. The van der Waals surface area contributed by atoms with Gasteiger partial charge in [-0.05, 0) is 31.0 Å². The molecule has 5 rings (SSSR count). The van der Waals surface area contributed by atoms with Crippen LogP contribution in [0.15, 0.2) is 22.6 Å². The summed E-state index contributed by atoms with van der Waals surface area (Å²) in [5.74, 6) is 0.421. The Balaban J connectivity index is 1.46. The maximum atomic E-state index is 13.3. The molecule has 8 nitrogen and oxygen atoms in total. The molecule has 3 aromatic rings. The molecule has 0 unspecified atom stereocenters. The Hall–Kier alpha value is -3.33. The van der Waals surface area contributed by atoms with Crippen LogP contribution in [0.3, 0.4) is 0 Å². The SMILES string of the molecule is COc1ccc2c(C)c(C(=O)N3CCc4c(sc5c4C(=O)N(C)CC(=O)N5)C3)oc2c1. The van der Waals surface area contributed by atoms with Crippen molar-refractivity contribution < 1.29 is 23.5 Å². The number of thiophene rings is 1. The average Bonchev–Trinajstić information content (AvgIpc) is 3.25. The molecular weight excluding hydrogens is 418 g/mol. The third-order valence-electron chi connectivity index (χ3n) is 5.88. The number of nitrogens with one attached hydrogen (secondary N) is 1. The summed E-state index contributed by atoms with van der Waals surface area (Å²) in [4.78, 5) is 42.2. The number of amides is 3. The minimum atomic E-state index is -0.213. The number of hydrogen-bond acceptors (Lipinski definition) is 6. The standard InChI is InChI=1S/C22H21N3O5S/c1-11-13-5-4-12(29-3)8-15(13)30-19(11)22(28)25-7-6-14-16(9-25)31-20-18(14)21(27)24(2)10-17(26)23-20/h4-5,8H,6-7,9-10H2,1-3H3,(H,23,26). The Morgan fingerprint density at radius 1 is 1.26 bits per heavy atom. The molecule has 0 saturated heterocycles. The molecule has 0 spiro atoms. The van der Waals surface area contributed by atoms with Gasteiger partial charge in [0.1, 0.15) is 16.3 Å². The number of ether oxygens (including phenoxy) is 1. The molecule has 160 valence electrons. The fourth-order valence-electron chi connectivity index (χ4n) is 4.22. The van der Waals surface area contributed by atoms with E-state index in [1.54, 1.807) is 25.1 Å². The first-order valence-corrected chi connectivity index (χ1v) is 10.7. The van der Waals surface area contributed by atoms with Gasteiger partial charge in [-0.25, -0.2) is 0 Å². The molecule has 0 aliphatic carbocycles. The molecule has 31 heavy (non-hydrogen) atoms. The van der Waals surface area contributed by atoms with Crippen LogP contribution < -0.4 is 10.1 Å². The molecule has 4 heterocycles. The highest BCUT2D eigenvalue weighted by atomic mass is 32.1. The number of methoxy groups -OCH3 is 1. The highest BCUT2D eigenvalue weighted by Gasteiger charge is 2.35. The van der Waals surface area contributed by atoms with Crippen LogP contribution in [0.2, 0.25) is 0 Å². The van der Waals surface area contributed by atoms with Crippen LogP contribution >= 0.6 is 11.3 Å². The third-order valence-corrected chi connectivity index (χ3v) is 7.01. The molecule has 0 atom stereocenters. The fraction of sp³-hybridized carbons (Fsp3) is 0.318. The lowest BCUT2D eigenvalue weighted by Crippen LogP contribution is -2.36. The van der Waals surface area contributed by atoms with Gasteiger partial charge in [-0.3, -0.25) is 14.4 Å². The molecule has 1 aromatic carbocycles. The predicted octanol–water partition coefficient (Wildman–Crippen LogP) is 3.03. The minimum absolute atomic E-state index is 0.0374. The highest BCUT2D eigenvalue weighted by Crippen LogP contribution is 2.39. The van der Waals surface area contributed by atoms with E-state index < -0.39 is 0 Å². The molecule has 0 fully saturated rings. The van der Waals surface area contributed by atoms with Crippen molar-refractivity contribution >= 4 is 45.0 Å². The fourth-order valence-corrected chi connectivity index (χ4v) is 5.49. The zero-order chi connectivity index (χ0) is 21.9. The third kappa shape index (κ3) is 3.07. The van der Waals surface area contributed by atoms with Gasteiger partial charge in [-0.1, -0.05) is 0 Å². The van der Waals surface area contributed by atoms with Crippen molar-refractivity contribution in [2.75, 3.05) is 32.6 Å². The molecular formula is C22H21N3O5S. The number of likely N-dealkylation sites (N-methyl/N-ethyl adjacent to an activating group) is 1. The van der Waals surface area contributed by atoms with Crippen LogP contribution in [0.1, 0.15) is 36.9 Å². The average molecular weight is 439 g/mol. The summed E-state index contributed by atoms with van der Waals surface area (Å²) in [7, 11) is 3.21. The lowest BCUT2D eigenvalue weighted by atomic mass is 10.0. The number of benzene rings is 1. The van der Waals surface area contributed by atoms with Gasteiger partial charge in [0.05, 0.1) is 25.8 Å². The zero-order valence-corrected chi connectivity index (χ0v) is 18.2. The number of fused-ring (bicyclic) bond motifs is 4. The van der Waals surface area contributed by atoms with Crippen LogP contribution in [0, 0.1) is 6.92 Å². The molecule has 2 aromatic heterocycles. The Morgan fingerprint density at radius 3 is 2.84 bits per heavy atom. The topological polar surface area (TPSA) is 92.1 Å². The monoisotopic (exact) mass is 439 g/mol. The maximum Gasteiger partial charge on any atom is 0.290 e. The van der Waals surface area contributed by atoms with Gasteiger partial charge in [-0.15, -0.1) is 11.3 Å². The van der Waals surface area contributed by atoms with Gasteiger partial charge in [0.15, 0.2) is 5.76 Å². The summed E-state index contributed by atoms with van der Waals surface area (Å²) in [5.41, 5.74) is 2.89. The van der Waals surface area contributed by atoms with Crippen molar-refractivity contribution in [3.05, 3.63) is 45.5 Å². The molecule has 3 amide bonds. The molecule has 2 aliphatic rings. The van der Waals surface area contributed by atoms with Crippen LogP contribution in [-0.4, -0.2) is 54.8 Å². The first-order valence-electron chi connectivity index (χ1n) is 9.93.